The summed E-state index contributed by atoms with van der Waals surface area (Å²) in [5.41, 5.74) is 5.69. The fourth-order valence-corrected chi connectivity index (χ4v) is 1.75. The second-order valence-corrected chi connectivity index (χ2v) is 3.88. The first-order chi connectivity index (χ1) is 6.74. The van der Waals surface area contributed by atoms with E-state index in [1.54, 1.807) is 7.11 Å². The molecule has 0 aromatic heterocycles. The van der Waals surface area contributed by atoms with Gasteiger partial charge in [0.15, 0.2) is 0 Å². The van der Waals surface area contributed by atoms with Crippen LogP contribution >= 0.6 is 0 Å². The molecule has 1 amide bonds. The first-order valence-electron chi connectivity index (χ1n) is 5.29. The maximum atomic E-state index is 11.5. The number of hydrogen-bond donors (Lipinski definition) is 2. The molecule has 3 N–H and O–H groups in total. The minimum atomic E-state index is -0.421. The van der Waals surface area contributed by atoms with Gasteiger partial charge in [0.25, 0.3) is 0 Å². The molecule has 1 aliphatic carbocycles. The molecule has 82 valence electrons. The summed E-state index contributed by atoms with van der Waals surface area (Å²) in [4.78, 5) is 11.5. The SMILES string of the molecule is COCCC(N)C(=O)NC1CCCC1. The second-order valence-electron chi connectivity index (χ2n) is 3.88. The maximum Gasteiger partial charge on any atom is 0.237 e. The van der Waals surface area contributed by atoms with Crippen molar-refractivity contribution in [3.8, 4) is 0 Å². The van der Waals surface area contributed by atoms with Crippen molar-refractivity contribution in [2.24, 2.45) is 5.73 Å². The molecule has 0 spiro atoms. The first-order valence-corrected chi connectivity index (χ1v) is 5.29. The number of amides is 1. The zero-order valence-corrected chi connectivity index (χ0v) is 8.79. The number of nitrogens with one attached hydrogen (secondary N) is 1. The number of nitrogens with two attached hydrogens (primary N) is 1. The van der Waals surface area contributed by atoms with Crippen LogP contribution in [0.5, 0.6) is 0 Å². The molecule has 0 aromatic rings. The lowest BCUT2D eigenvalue weighted by Gasteiger charge is -2.16. The van der Waals surface area contributed by atoms with Crippen molar-refractivity contribution < 1.29 is 9.53 Å². The summed E-state index contributed by atoms with van der Waals surface area (Å²) < 4.78 is 4.87. The van der Waals surface area contributed by atoms with Gasteiger partial charge in [-0.15, -0.1) is 0 Å². The Bertz CT molecular complexity index is 179. The van der Waals surface area contributed by atoms with E-state index >= 15 is 0 Å². The first kappa shape index (κ1) is 11.5. The van der Waals surface area contributed by atoms with Gasteiger partial charge >= 0.3 is 0 Å². The molecule has 14 heavy (non-hydrogen) atoms. The molecule has 1 aliphatic rings. The number of ether oxygens (including phenoxy) is 1. The molecular formula is C10H20N2O2. The number of methoxy groups -OCH3 is 1. The standard InChI is InChI=1S/C10H20N2O2/c1-14-7-6-9(11)10(13)12-8-4-2-3-5-8/h8-9H,2-7,11H2,1H3,(H,12,13). The lowest BCUT2D eigenvalue weighted by atomic mass is 10.2. The Labute approximate surface area is 85.2 Å². The van der Waals surface area contributed by atoms with Crippen molar-refractivity contribution in [1.82, 2.24) is 5.32 Å². The fraction of sp³-hybridized carbons (Fsp3) is 0.900. The van der Waals surface area contributed by atoms with Crippen LogP contribution in [-0.4, -0.2) is 31.7 Å². The molecule has 0 radical (unpaired) electrons. The lowest BCUT2D eigenvalue weighted by molar-refractivity contribution is -0.123. The Morgan fingerprint density at radius 3 is 2.79 bits per heavy atom. The van der Waals surface area contributed by atoms with Crippen LogP contribution in [0, 0.1) is 0 Å². The summed E-state index contributed by atoms with van der Waals surface area (Å²) in [6.45, 7) is 0.541. The lowest BCUT2D eigenvalue weighted by Crippen LogP contribution is -2.44. The van der Waals surface area contributed by atoms with Gasteiger partial charge in [-0.05, 0) is 19.3 Å². The van der Waals surface area contributed by atoms with E-state index in [9.17, 15) is 4.79 Å². The van der Waals surface area contributed by atoms with E-state index < -0.39 is 6.04 Å². The van der Waals surface area contributed by atoms with Gasteiger partial charge in [-0.1, -0.05) is 12.8 Å². The number of carbonyl (C=O) groups is 1. The Hall–Kier alpha value is -0.610. The van der Waals surface area contributed by atoms with E-state index in [1.807, 2.05) is 0 Å². The zero-order chi connectivity index (χ0) is 10.4. The van der Waals surface area contributed by atoms with E-state index in [0.29, 0.717) is 19.1 Å². The third-order valence-electron chi connectivity index (χ3n) is 2.67. The van der Waals surface area contributed by atoms with E-state index in [4.69, 9.17) is 10.5 Å². The summed E-state index contributed by atoms with van der Waals surface area (Å²) in [6, 6.07) is -0.0633. The van der Waals surface area contributed by atoms with Gasteiger partial charge in [-0.3, -0.25) is 4.79 Å². The summed E-state index contributed by atoms with van der Waals surface area (Å²) in [5, 5.41) is 2.97. The average molecular weight is 200 g/mol. The third kappa shape index (κ3) is 3.64. The van der Waals surface area contributed by atoms with E-state index in [-0.39, 0.29) is 5.91 Å². The van der Waals surface area contributed by atoms with Crippen LogP contribution < -0.4 is 11.1 Å². The predicted octanol–water partition coefficient (Wildman–Crippen LogP) is 0.409. The molecule has 0 heterocycles. The van der Waals surface area contributed by atoms with Crippen LogP contribution in [0.15, 0.2) is 0 Å². The smallest absolute Gasteiger partial charge is 0.237 e. The molecule has 1 rings (SSSR count). The summed E-state index contributed by atoms with van der Waals surface area (Å²) in [7, 11) is 1.61. The fourth-order valence-electron chi connectivity index (χ4n) is 1.75. The highest BCUT2D eigenvalue weighted by Gasteiger charge is 2.20. The predicted molar refractivity (Wildman–Crippen MR) is 54.9 cm³/mol. The van der Waals surface area contributed by atoms with E-state index in [1.165, 1.54) is 12.8 Å². The van der Waals surface area contributed by atoms with Crippen molar-refractivity contribution in [2.75, 3.05) is 13.7 Å². The molecule has 0 saturated heterocycles. The van der Waals surface area contributed by atoms with Crippen LogP contribution in [0.3, 0.4) is 0 Å². The quantitative estimate of drug-likeness (QED) is 0.675. The Morgan fingerprint density at radius 2 is 2.21 bits per heavy atom. The molecule has 1 atom stereocenters. The summed E-state index contributed by atoms with van der Waals surface area (Å²) in [6.07, 6.45) is 5.23. The highest BCUT2D eigenvalue weighted by atomic mass is 16.5. The normalized spacial score (nSPS) is 19.6. The van der Waals surface area contributed by atoms with Gasteiger partial charge < -0.3 is 15.8 Å². The van der Waals surface area contributed by atoms with Crippen LogP contribution in [0.2, 0.25) is 0 Å². The maximum absolute atomic E-state index is 11.5. The van der Waals surface area contributed by atoms with Crippen molar-refractivity contribution in [3.05, 3.63) is 0 Å². The van der Waals surface area contributed by atoms with Gasteiger partial charge in [0.05, 0.1) is 6.04 Å². The minimum Gasteiger partial charge on any atom is -0.385 e. The van der Waals surface area contributed by atoms with Gasteiger partial charge in [-0.2, -0.15) is 0 Å². The van der Waals surface area contributed by atoms with Gasteiger partial charge in [0.2, 0.25) is 5.91 Å². The Kier molecular flexibility index (Phi) is 4.90. The van der Waals surface area contributed by atoms with Gasteiger partial charge in [0, 0.05) is 19.8 Å². The number of carbonyl (C=O) groups excluding carboxylic acids is 1. The van der Waals surface area contributed by atoms with Crippen LogP contribution in [0.4, 0.5) is 0 Å². The highest BCUT2D eigenvalue weighted by Crippen LogP contribution is 2.17. The van der Waals surface area contributed by atoms with Crippen molar-refractivity contribution in [3.63, 3.8) is 0 Å². The molecule has 0 bridgehead atoms. The average Bonchev–Trinajstić information content (AvgIpc) is 2.66. The molecule has 4 heteroatoms. The van der Waals surface area contributed by atoms with Crippen molar-refractivity contribution >= 4 is 5.91 Å². The van der Waals surface area contributed by atoms with Crippen LogP contribution in [0.1, 0.15) is 32.1 Å². The number of hydrogen-bond acceptors (Lipinski definition) is 3. The van der Waals surface area contributed by atoms with E-state index in [0.717, 1.165) is 12.8 Å². The van der Waals surface area contributed by atoms with Crippen LogP contribution in [-0.2, 0) is 9.53 Å². The van der Waals surface area contributed by atoms with Gasteiger partial charge in [0.1, 0.15) is 0 Å². The second kappa shape index (κ2) is 5.98. The minimum absolute atomic E-state index is 0.0334. The van der Waals surface area contributed by atoms with E-state index in [2.05, 4.69) is 5.32 Å². The topological polar surface area (TPSA) is 64.3 Å². The Morgan fingerprint density at radius 1 is 1.57 bits per heavy atom. The summed E-state index contributed by atoms with van der Waals surface area (Å²) in [5.74, 6) is -0.0334. The molecule has 0 aromatic carbocycles. The molecule has 1 fully saturated rings. The number of rotatable bonds is 5. The van der Waals surface area contributed by atoms with Crippen molar-refractivity contribution in [2.45, 2.75) is 44.2 Å². The molecule has 1 saturated carbocycles. The van der Waals surface area contributed by atoms with Crippen molar-refractivity contribution in [1.29, 1.82) is 0 Å². The Balaban J connectivity index is 2.18. The zero-order valence-electron chi connectivity index (χ0n) is 8.79. The monoisotopic (exact) mass is 200 g/mol. The summed E-state index contributed by atoms with van der Waals surface area (Å²) >= 11 is 0. The third-order valence-corrected chi connectivity index (χ3v) is 2.67. The molecule has 0 aliphatic heterocycles. The molecule has 4 nitrogen and oxygen atoms in total. The van der Waals surface area contributed by atoms with Crippen LogP contribution in [0.25, 0.3) is 0 Å². The molecular weight excluding hydrogens is 180 g/mol. The molecule has 1 unspecified atom stereocenters. The van der Waals surface area contributed by atoms with Gasteiger partial charge in [-0.25, -0.2) is 0 Å². The largest absolute Gasteiger partial charge is 0.385 e. The highest BCUT2D eigenvalue weighted by molar-refractivity contribution is 5.81.